The molecule has 4 nitrogen and oxygen atoms in total. The summed E-state index contributed by atoms with van der Waals surface area (Å²) in [5.41, 5.74) is 1.42. The molecule has 0 saturated carbocycles. The molecule has 0 aliphatic rings. The van der Waals surface area contributed by atoms with Crippen LogP contribution in [0.25, 0.3) is 6.08 Å². The highest BCUT2D eigenvalue weighted by atomic mass is 19.1. The molecule has 0 fully saturated rings. The van der Waals surface area contributed by atoms with Crippen LogP contribution in [0.15, 0.2) is 54.7 Å². The lowest BCUT2D eigenvalue weighted by molar-refractivity contribution is 0.255. The van der Waals surface area contributed by atoms with Crippen molar-refractivity contribution in [2.24, 2.45) is 0 Å². The van der Waals surface area contributed by atoms with Crippen LogP contribution in [-0.2, 0) is 0 Å². The molecule has 0 bridgehead atoms. The van der Waals surface area contributed by atoms with E-state index in [9.17, 15) is 9.18 Å². The van der Waals surface area contributed by atoms with Crippen molar-refractivity contribution in [3.05, 3.63) is 66.1 Å². The van der Waals surface area contributed by atoms with Gasteiger partial charge in [-0.25, -0.2) is 9.18 Å². The first-order valence-electron chi connectivity index (χ1n) is 6.31. The van der Waals surface area contributed by atoms with E-state index in [2.05, 4.69) is 10.6 Å². The van der Waals surface area contributed by atoms with Crippen LogP contribution in [0.5, 0.6) is 5.75 Å². The summed E-state index contributed by atoms with van der Waals surface area (Å²) in [4.78, 5) is 11.7. The molecule has 0 radical (unpaired) electrons. The molecular formula is C16H15FN2O2. The van der Waals surface area contributed by atoms with Gasteiger partial charge in [-0.05, 0) is 35.9 Å². The van der Waals surface area contributed by atoms with Crippen LogP contribution < -0.4 is 15.4 Å². The molecule has 2 amide bonds. The quantitative estimate of drug-likeness (QED) is 0.901. The average Bonchev–Trinajstić information content (AvgIpc) is 2.49. The lowest BCUT2D eigenvalue weighted by Crippen LogP contribution is -2.23. The van der Waals surface area contributed by atoms with Crippen LogP contribution in [0.2, 0.25) is 0 Å². The lowest BCUT2D eigenvalue weighted by Gasteiger charge is -2.06. The summed E-state index contributed by atoms with van der Waals surface area (Å²) < 4.78 is 17.8. The molecule has 2 rings (SSSR count). The molecule has 0 saturated heterocycles. The Labute approximate surface area is 122 Å². The molecule has 2 aromatic carbocycles. The van der Waals surface area contributed by atoms with Crippen molar-refractivity contribution in [2.75, 3.05) is 12.4 Å². The maximum Gasteiger partial charge on any atom is 0.323 e. The molecule has 0 atom stereocenters. The van der Waals surface area contributed by atoms with Gasteiger partial charge in [-0.15, -0.1) is 0 Å². The lowest BCUT2D eigenvalue weighted by atomic mass is 10.2. The predicted molar refractivity (Wildman–Crippen MR) is 80.6 cm³/mol. The molecule has 0 aliphatic carbocycles. The third-order valence-corrected chi connectivity index (χ3v) is 2.69. The van der Waals surface area contributed by atoms with Gasteiger partial charge >= 0.3 is 6.03 Å². The summed E-state index contributed by atoms with van der Waals surface area (Å²) in [6.45, 7) is 0. The van der Waals surface area contributed by atoms with Crippen LogP contribution in [0.1, 0.15) is 5.56 Å². The van der Waals surface area contributed by atoms with E-state index in [1.165, 1.54) is 18.3 Å². The SMILES string of the molecule is COc1cccc(NC(=O)N/C=C/c2ccc(F)cc2)c1. The highest BCUT2D eigenvalue weighted by Gasteiger charge is 2.00. The van der Waals surface area contributed by atoms with Gasteiger partial charge in [0.25, 0.3) is 0 Å². The second-order valence-corrected chi connectivity index (χ2v) is 4.22. The molecule has 21 heavy (non-hydrogen) atoms. The summed E-state index contributed by atoms with van der Waals surface area (Å²) in [6.07, 6.45) is 3.16. The topological polar surface area (TPSA) is 50.4 Å². The van der Waals surface area contributed by atoms with Crippen molar-refractivity contribution in [3.63, 3.8) is 0 Å². The van der Waals surface area contributed by atoms with Crippen LogP contribution in [0, 0.1) is 5.82 Å². The first-order valence-corrected chi connectivity index (χ1v) is 6.31. The molecular weight excluding hydrogens is 271 g/mol. The van der Waals surface area contributed by atoms with Gasteiger partial charge in [-0.2, -0.15) is 0 Å². The molecule has 0 aliphatic heterocycles. The number of carbonyl (C=O) groups excluding carboxylic acids is 1. The minimum Gasteiger partial charge on any atom is -0.497 e. The Morgan fingerprint density at radius 2 is 1.95 bits per heavy atom. The number of hydrogen-bond acceptors (Lipinski definition) is 2. The number of rotatable bonds is 4. The van der Waals surface area contributed by atoms with E-state index in [1.54, 1.807) is 49.6 Å². The highest BCUT2D eigenvalue weighted by Crippen LogP contribution is 2.16. The molecule has 2 aromatic rings. The third-order valence-electron chi connectivity index (χ3n) is 2.69. The molecule has 5 heteroatoms. The molecule has 2 N–H and O–H groups in total. The number of amides is 2. The van der Waals surface area contributed by atoms with Crippen LogP contribution in [0.3, 0.4) is 0 Å². The summed E-state index contributed by atoms with van der Waals surface area (Å²) in [5, 5.41) is 5.24. The highest BCUT2D eigenvalue weighted by molar-refractivity contribution is 5.90. The predicted octanol–water partition coefficient (Wildman–Crippen LogP) is 3.63. The number of hydrogen-bond donors (Lipinski definition) is 2. The Balaban J connectivity index is 1.88. The Morgan fingerprint density at radius 1 is 1.19 bits per heavy atom. The third kappa shape index (κ3) is 4.65. The van der Waals surface area contributed by atoms with Crippen LogP contribution in [0.4, 0.5) is 14.9 Å². The summed E-state index contributed by atoms with van der Waals surface area (Å²) in [5.74, 6) is 0.366. The number of carbonyl (C=O) groups is 1. The number of nitrogens with one attached hydrogen (secondary N) is 2. The number of urea groups is 1. The second kappa shape index (κ2) is 7.09. The zero-order chi connectivity index (χ0) is 15.1. The second-order valence-electron chi connectivity index (χ2n) is 4.22. The normalized spacial score (nSPS) is 10.4. The molecule has 0 unspecified atom stereocenters. The van der Waals surface area contributed by atoms with Crippen molar-refractivity contribution in [2.45, 2.75) is 0 Å². The Kier molecular flexibility index (Phi) is 4.93. The first kappa shape index (κ1) is 14.6. The molecule has 0 heterocycles. The van der Waals surface area contributed by atoms with Crippen molar-refractivity contribution in [1.29, 1.82) is 0 Å². The zero-order valence-electron chi connectivity index (χ0n) is 11.5. The minimum absolute atomic E-state index is 0.295. The molecule has 0 aromatic heterocycles. The maximum atomic E-state index is 12.7. The van der Waals surface area contributed by atoms with Gasteiger partial charge < -0.3 is 15.4 Å². The maximum absolute atomic E-state index is 12.7. The van der Waals surface area contributed by atoms with E-state index in [0.29, 0.717) is 11.4 Å². The Bertz CT molecular complexity index is 639. The monoisotopic (exact) mass is 286 g/mol. The molecule has 108 valence electrons. The van der Waals surface area contributed by atoms with Gasteiger partial charge in [0.1, 0.15) is 11.6 Å². The van der Waals surface area contributed by atoms with Crippen molar-refractivity contribution < 1.29 is 13.9 Å². The van der Waals surface area contributed by atoms with E-state index >= 15 is 0 Å². The largest absolute Gasteiger partial charge is 0.497 e. The number of methoxy groups -OCH3 is 1. The number of halogens is 1. The number of benzene rings is 2. The van der Waals surface area contributed by atoms with Crippen LogP contribution in [-0.4, -0.2) is 13.1 Å². The summed E-state index contributed by atoms with van der Waals surface area (Å²) in [6, 6.07) is 12.6. The van der Waals surface area contributed by atoms with Crippen molar-refractivity contribution in [3.8, 4) is 5.75 Å². The van der Waals surface area contributed by atoms with Gasteiger partial charge in [0, 0.05) is 18.0 Å². The van der Waals surface area contributed by atoms with Crippen molar-refractivity contribution in [1.82, 2.24) is 5.32 Å². The van der Waals surface area contributed by atoms with E-state index in [1.807, 2.05) is 0 Å². The Hall–Kier alpha value is -2.82. The van der Waals surface area contributed by atoms with E-state index < -0.39 is 0 Å². The summed E-state index contributed by atoms with van der Waals surface area (Å²) >= 11 is 0. The van der Waals surface area contributed by atoms with Gasteiger partial charge in [0.2, 0.25) is 0 Å². The fraction of sp³-hybridized carbons (Fsp3) is 0.0625. The first-order chi connectivity index (χ1) is 10.2. The number of anilines is 1. The standard InChI is InChI=1S/C16H15FN2O2/c1-21-15-4-2-3-14(11-15)19-16(20)18-10-9-12-5-7-13(17)8-6-12/h2-11H,1H3,(H2,18,19,20)/b10-9+. The smallest absolute Gasteiger partial charge is 0.323 e. The zero-order valence-corrected chi connectivity index (χ0v) is 11.5. The minimum atomic E-state index is -0.374. The van der Waals surface area contributed by atoms with E-state index in [-0.39, 0.29) is 11.8 Å². The number of ether oxygens (including phenoxy) is 1. The van der Waals surface area contributed by atoms with Crippen LogP contribution >= 0.6 is 0 Å². The van der Waals surface area contributed by atoms with Crippen molar-refractivity contribution >= 4 is 17.8 Å². The fourth-order valence-corrected chi connectivity index (χ4v) is 1.66. The van der Waals surface area contributed by atoms with E-state index in [0.717, 1.165) is 5.56 Å². The van der Waals surface area contributed by atoms with Gasteiger partial charge in [-0.3, -0.25) is 0 Å². The Morgan fingerprint density at radius 3 is 2.67 bits per heavy atom. The summed E-state index contributed by atoms with van der Waals surface area (Å²) in [7, 11) is 1.56. The molecule has 0 spiro atoms. The van der Waals surface area contributed by atoms with Gasteiger partial charge in [0.05, 0.1) is 7.11 Å². The van der Waals surface area contributed by atoms with Gasteiger partial charge in [-0.1, -0.05) is 18.2 Å². The average molecular weight is 286 g/mol. The fourth-order valence-electron chi connectivity index (χ4n) is 1.66. The van der Waals surface area contributed by atoms with Gasteiger partial charge in [0.15, 0.2) is 0 Å². The van der Waals surface area contributed by atoms with E-state index in [4.69, 9.17) is 4.74 Å².